The van der Waals surface area contributed by atoms with Crippen molar-refractivity contribution in [3.8, 4) is 0 Å². The molecule has 0 fully saturated rings. The molecule has 0 radical (unpaired) electrons. The van der Waals surface area contributed by atoms with E-state index in [2.05, 4.69) is 34.2 Å². The van der Waals surface area contributed by atoms with Crippen LogP contribution in [0.5, 0.6) is 0 Å². The molecule has 0 aliphatic carbocycles. The molecule has 0 amide bonds. The number of ether oxygens (including phenoxy) is 1. The highest BCUT2D eigenvalue weighted by molar-refractivity contribution is 5.31. The molecule has 0 saturated heterocycles. The Morgan fingerprint density at radius 2 is 2.21 bits per heavy atom. The van der Waals surface area contributed by atoms with Crippen LogP contribution in [0, 0.1) is 0 Å². The molecule has 2 N–H and O–H groups in total. The van der Waals surface area contributed by atoms with Crippen LogP contribution in [0.3, 0.4) is 0 Å². The van der Waals surface area contributed by atoms with Gasteiger partial charge in [0.05, 0.1) is 18.4 Å². The summed E-state index contributed by atoms with van der Waals surface area (Å²) in [5.41, 5.74) is 9.71. The molecule has 3 rings (SSSR count). The summed E-state index contributed by atoms with van der Waals surface area (Å²) in [6, 6.07) is 10.2. The Morgan fingerprint density at radius 3 is 3.05 bits per heavy atom. The van der Waals surface area contributed by atoms with Crippen LogP contribution in [-0.2, 0) is 11.2 Å². The van der Waals surface area contributed by atoms with Gasteiger partial charge in [-0.2, -0.15) is 0 Å². The predicted molar refractivity (Wildman–Crippen MR) is 72.4 cm³/mol. The van der Waals surface area contributed by atoms with Crippen molar-refractivity contribution < 1.29 is 4.74 Å². The van der Waals surface area contributed by atoms with E-state index in [1.165, 1.54) is 17.5 Å². The molecule has 2 aromatic rings. The van der Waals surface area contributed by atoms with Crippen LogP contribution >= 0.6 is 0 Å². The first-order valence-corrected chi connectivity index (χ1v) is 6.55. The molecule has 19 heavy (non-hydrogen) atoms. The minimum absolute atomic E-state index is 0.0647. The number of fused-ring (bicyclic) bond motifs is 1. The fourth-order valence-electron chi connectivity index (χ4n) is 2.54. The van der Waals surface area contributed by atoms with E-state index in [1.54, 1.807) is 6.20 Å². The van der Waals surface area contributed by atoms with Crippen molar-refractivity contribution in [3.63, 3.8) is 0 Å². The zero-order valence-corrected chi connectivity index (χ0v) is 10.7. The van der Waals surface area contributed by atoms with Gasteiger partial charge in [0.15, 0.2) is 0 Å². The number of rotatable bonds is 3. The lowest BCUT2D eigenvalue weighted by molar-refractivity contribution is 0.0317. The van der Waals surface area contributed by atoms with Crippen LogP contribution in [0.25, 0.3) is 0 Å². The molecule has 2 heterocycles. The van der Waals surface area contributed by atoms with E-state index in [0.29, 0.717) is 0 Å². The molecule has 1 aliphatic heterocycles. The predicted octanol–water partition coefficient (Wildman–Crippen LogP) is 2.18. The maximum absolute atomic E-state index is 6.21. The van der Waals surface area contributed by atoms with Gasteiger partial charge in [0.1, 0.15) is 6.33 Å². The van der Waals surface area contributed by atoms with Crippen molar-refractivity contribution >= 4 is 0 Å². The molecule has 98 valence electrons. The number of hydrogen-bond donors (Lipinski definition) is 1. The second-order valence-electron chi connectivity index (χ2n) is 4.78. The molecular formula is C15H17N3O. The molecule has 0 spiro atoms. The Bertz CT molecular complexity index is 544. The van der Waals surface area contributed by atoms with Gasteiger partial charge in [-0.25, -0.2) is 9.97 Å². The van der Waals surface area contributed by atoms with Crippen LogP contribution in [0.4, 0.5) is 0 Å². The summed E-state index contributed by atoms with van der Waals surface area (Å²) in [5.74, 6) is 0. The first-order valence-electron chi connectivity index (χ1n) is 6.55. The maximum Gasteiger partial charge on any atom is 0.115 e. The molecule has 1 aliphatic rings. The summed E-state index contributed by atoms with van der Waals surface area (Å²) in [5, 5.41) is 0. The van der Waals surface area contributed by atoms with E-state index in [1.807, 2.05) is 6.07 Å². The van der Waals surface area contributed by atoms with Crippen LogP contribution in [0.2, 0.25) is 0 Å². The molecule has 0 saturated carbocycles. The summed E-state index contributed by atoms with van der Waals surface area (Å²) in [7, 11) is 0. The summed E-state index contributed by atoms with van der Waals surface area (Å²) < 4.78 is 5.87. The zero-order valence-electron chi connectivity index (χ0n) is 10.7. The van der Waals surface area contributed by atoms with Crippen LogP contribution in [0.1, 0.15) is 35.4 Å². The van der Waals surface area contributed by atoms with Crippen molar-refractivity contribution in [1.82, 2.24) is 9.97 Å². The minimum Gasteiger partial charge on any atom is -0.373 e. The number of nitrogens with zero attached hydrogens (tertiary/aromatic N) is 2. The lowest BCUT2D eigenvalue weighted by Gasteiger charge is -2.27. The molecule has 4 nitrogen and oxygen atoms in total. The quantitative estimate of drug-likeness (QED) is 0.913. The van der Waals surface area contributed by atoms with Gasteiger partial charge in [-0.1, -0.05) is 24.3 Å². The van der Waals surface area contributed by atoms with E-state index >= 15 is 0 Å². The first-order chi connectivity index (χ1) is 9.34. The van der Waals surface area contributed by atoms with Crippen molar-refractivity contribution in [2.45, 2.75) is 25.0 Å². The normalized spacial score (nSPS) is 19.7. The van der Waals surface area contributed by atoms with Crippen LogP contribution < -0.4 is 5.73 Å². The highest BCUT2D eigenvalue weighted by Crippen LogP contribution is 2.32. The Morgan fingerprint density at radius 1 is 1.32 bits per heavy atom. The van der Waals surface area contributed by atoms with Crippen molar-refractivity contribution in [3.05, 3.63) is 59.7 Å². The van der Waals surface area contributed by atoms with Gasteiger partial charge < -0.3 is 10.5 Å². The van der Waals surface area contributed by atoms with Crippen molar-refractivity contribution in [2.75, 3.05) is 6.61 Å². The van der Waals surface area contributed by atoms with E-state index < -0.39 is 0 Å². The van der Waals surface area contributed by atoms with E-state index in [-0.39, 0.29) is 12.1 Å². The Hall–Kier alpha value is -1.78. The number of hydrogen-bond acceptors (Lipinski definition) is 4. The van der Waals surface area contributed by atoms with Crippen LogP contribution in [-0.4, -0.2) is 16.6 Å². The number of aromatic nitrogens is 2. The second-order valence-corrected chi connectivity index (χ2v) is 4.78. The van der Waals surface area contributed by atoms with Crippen molar-refractivity contribution in [2.24, 2.45) is 5.73 Å². The standard InChI is InChI=1S/C15H17N3O/c16-13(14-5-7-17-10-18-14)9-15-12-4-2-1-3-11(12)6-8-19-15/h1-5,7,10,13,15H,6,8-9,16H2. The number of nitrogens with two attached hydrogens (primary N) is 1. The molecule has 0 bridgehead atoms. The zero-order chi connectivity index (χ0) is 13.1. The van der Waals surface area contributed by atoms with Gasteiger partial charge in [0.2, 0.25) is 0 Å². The fourth-order valence-corrected chi connectivity index (χ4v) is 2.54. The van der Waals surface area contributed by atoms with Gasteiger partial charge in [-0.15, -0.1) is 0 Å². The Labute approximate surface area is 112 Å². The maximum atomic E-state index is 6.21. The van der Waals surface area contributed by atoms with Gasteiger partial charge in [-0.3, -0.25) is 0 Å². The van der Waals surface area contributed by atoms with E-state index in [0.717, 1.165) is 25.1 Å². The Kier molecular flexibility index (Phi) is 3.53. The third kappa shape index (κ3) is 2.64. The SMILES string of the molecule is NC(CC1OCCc2ccccc21)c1ccncn1. The van der Waals surface area contributed by atoms with Crippen molar-refractivity contribution in [1.29, 1.82) is 0 Å². The third-order valence-electron chi connectivity index (χ3n) is 3.55. The molecule has 1 aromatic carbocycles. The Balaban J connectivity index is 1.78. The lowest BCUT2D eigenvalue weighted by Crippen LogP contribution is -2.22. The average Bonchev–Trinajstić information content (AvgIpc) is 2.48. The number of benzene rings is 1. The average molecular weight is 255 g/mol. The van der Waals surface area contributed by atoms with E-state index in [9.17, 15) is 0 Å². The minimum atomic E-state index is -0.126. The lowest BCUT2D eigenvalue weighted by atomic mass is 9.93. The summed E-state index contributed by atoms with van der Waals surface area (Å²) in [6.07, 6.45) is 5.04. The third-order valence-corrected chi connectivity index (χ3v) is 3.55. The summed E-state index contributed by atoms with van der Waals surface area (Å²) >= 11 is 0. The first kappa shape index (κ1) is 12.3. The van der Waals surface area contributed by atoms with Crippen LogP contribution in [0.15, 0.2) is 42.9 Å². The van der Waals surface area contributed by atoms with Gasteiger partial charge in [-0.05, 0) is 30.0 Å². The summed E-state index contributed by atoms with van der Waals surface area (Å²) in [6.45, 7) is 0.762. The largest absolute Gasteiger partial charge is 0.373 e. The molecule has 4 heteroatoms. The second kappa shape index (κ2) is 5.47. The van der Waals surface area contributed by atoms with Gasteiger partial charge in [0.25, 0.3) is 0 Å². The monoisotopic (exact) mass is 255 g/mol. The molecule has 2 atom stereocenters. The van der Waals surface area contributed by atoms with Gasteiger partial charge >= 0.3 is 0 Å². The topological polar surface area (TPSA) is 61.0 Å². The molecule has 2 unspecified atom stereocenters. The summed E-state index contributed by atoms with van der Waals surface area (Å²) in [4.78, 5) is 8.12. The highest BCUT2D eigenvalue weighted by atomic mass is 16.5. The smallest absolute Gasteiger partial charge is 0.115 e. The fraction of sp³-hybridized carbons (Fsp3) is 0.333. The highest BCUT2D eigenvalue weighted by Gasteiger charge is 2.23. The van der Waals surface area contributed by atoms with Gasteiger partial charge in [0, 0.05) is 12.2 Å². The molecular weight excluding hydrogens is 238 g/mol. The molecule has 1 aromatic heterocycles. The van der Waals surface area contributed by atoms with E-state index in [4.69, 9.17) is 10.5 Å².